The highest BCUT2D eigenvalue weighted by molar-refractivity contribution is 5.59. The highest BCUT2D eigenvalue weighted by Crippen LogP contribution is 2.18. The van der Waals surface area contributed by atoms with Gasteiger partial charge >= 0.3 is 0 Å². The van der Waals surface area contributed by atoms with Crippen molar-refractivity contribution in [1.82, 2.24) is 0 Å². The molecule has 31 heavy (non-hydrogen) atoms. The maximum Gasteiger partial charge on any atom is 0.0540 e. The lowest BCUT2D eigenvalue weighted by Gasteiger charge is -2.10. The smallest absolute Gasteiger partial charge is 0.0540 e. The first-order chi connectivity index (χ1) is 15.3. The summed E-state index contributed by atoms with van der Waals surface area (Å²) in [6, 6.07) is 19.2. The molecule has 0 aliphatic rings. The predicted octanol–water partition coefficient (Wildman–Crippen LogP) is 8.81. The molecule has 2 rings (SSSR count). The number of aliphatic hydroxyl groups excluding tert-OH is 1. The van der Waals surface area contributed by atoms with Gasteiger partial charge in [-0.05, 0) is 55.5 Å². The zero-order valence-electron chi connectivity index (χ0n) is 19.8. The van der Waals surface area contributed by atoms with Crippen LogP contribution in [-0.2, 0) is 6.42 Å². The molecule has 0 aromatic heterocycles. The molecule has 0 saturated carbocycles. The summed E-state index contributed by atoms with van der Waals surface area (Å²) in [5, 5.41) is 13.6. The van der Waals surface area contributed by atoms with Crippen molar-refractivity contribution in [3.63, 3.8) is 0 Å². The fraction of sp³-hybridized carbons (Fsp3) is 0.586. The first kappa shape index (κ1) is 25.5. The van der Waals surface area contributed by atoms with E-state index in [1.54, 1.807) is 0 Å². The molecule has 1 unspecified atom stereocenters. The Kier molecular flexibility index (Phi) is 13.8. The second-order valence-corrected chi connectivity index (χ2v) is 9.06. The van der Waals surface area contributed by atoms with Crippen LogP contribution in [0.5, 0.6) is 0 Å². The number of aliphatic hydroxyl groups is 1. The number of unbranched alkanes of at least 4 members (excludes halogenated alkanes) is 10. The minimum atomic E-state index is -0.0643. The number of nitrogens with one attached hydrogen (secondary N) is 1. The lowest BCUT2D eigenvalue weighted by molar-refractivity contribution is 0.147. The SMILES string of the molecule is CCCCCCCCC(O)CCCCCCCCc1ccc(Nc2ccccc2)cc1. The molecular weight excluding hydrogens is 378 g/mol. The van der Waals surface area contributed by atoms with E-state index in [9.17, 15) is 5.11 Å². The molecule has 0 aliphatic heterocycles. The molecule has 0 spiro atoms. The maximum absolute atomic E-state index is 10.1. The van der Waals surface area contributed by atoms with E-state index in [1.165, 1.54) is 89.0 Å². The normalized spacial score (nSPS) is 12.1. The molecule has 2 N–H and O–H groups in total. The van der Waals surface area contributed by atoms with Crippen LogP contribution in [0.4, 0.5) is 11.4 Å². The van der Waals surface area contributed by atoms with Gasteiger partial charge in [0.05, 0.1) is 6.10 Å². The van der Waals surface area contributed by atoms with E-state index in [0.717, 1.165) is 24.2 Å². The predicted molar refractivity (Wildman–Crippen MR) is 136 cm³/mol. The Balaban J connectivity index is 1.42. The third kappa shape index (κ3) is 12.6. The maximum atomic E-state index is 10.1. The van der Waals surface area contributed by atoms with Gasteiger partial charge in [0.2, 0.25) is 0 Å². The molecule has 0 amide bonds. The van der Waals surface area contributed by atoms with Crippen LogP contribution in [-0.4, -0.2) is 11.2 Å². The van der Waals surface area contributed by atoms with Crippen molar-refractivity contribution in [3.8, 4) is 0 Å². The molecule has 2 aromatic rings. The van der Waals surface area contributed by atoms with Gasteiger partial charge in [-0.2, -0.15) is 0 Å². The van der Waals surface area contributed by atoms with Gasteiger partial charge in [-0.1, -0.05) is 108 Å². The number of anilines is 2. The Morgan fingerprint density at radius 1 is 0.613 bits per heavy atom. The number of benzene rings is 2. The standard InChI is InChI=1S/C29H45NO/c1-2-3-4-5-9-15-20-29(31)21-16-10-7-6-8-12-17-26-22-24-28(25-23-26)30-27-18-13-11-14-19-27/h11,13-14,18-19,22-25,29-31H,2-10,12,15-17,20-21H2,1H3. The summed E-state index contributed by atoms with van der Waals surface area (Å²) in [4.78, 5) is 0. The van der Waals surface area contributed by atoms with Crippen molar-refractivity contribution >= 4 is 11.4 Å². The quantitative estimate of drug-likeness (QED) is 0.235. The van der Waals surface area contributed by atoms with Crippen LogP contribution in [0.25, 0.3) is 0 Å². The first-order valence-electron chi connectivity index (χ1n) is 12.9. The van der Waals surface area contributed by atoms with Gasteiger partial charge in [-0.25, -0.2) is 0 Å². The summed E-state index contributed by atoms with van der Waals surface area (Å²) >= 11 is 0. The van der Waals surface area contributed by atoms with Gasteiger partial charge in [0, 0.05) is 11.4 Å². The molecule has 1 atom stereocenters. The molecule has 2 nitrogen and oxygen atoms in total. The minimum absolute atomic E-state index is 0.0643. The van der Waals surface area contributed by atoms with E-state index in [1.807, 2.05) is 6.07 Å². The summed E-state index contributed by atoms with van der Waals surface area (Å²) in [6.07, 6.45) is 18.7. The number of hydrogen-bond donors (Lipinski definition) is 2. The average molecular weight is 424 g/mol. The molecular formula is C29H45NO. The van der Waals surface area contributed by atoms with Gasteiger partial charge in [-0.15, -0.1) is 0 Å². The van der Waals surface area contributed by atoms with E-state index in [0.29, 0.717) is 0 Å². The lowest BCUT2D eigenvalue weighted by Crippen LogP contribution is -2.05. The van der Waals surface area contributed by atoms with Gasteiger partial charge in [0.15, 0.2) is 0 Å². The fourth-order valence-electron chi connectivity index (χ4n) is 4.16. The van der Waals surface area contributed by atoms with E-state index in [4.69, 9.17) is 0 Å². The summed E-state index contributed by atoms with van der Waals surface area (Å²) in [7, 11) is 0. The van der Waals surface area contributed by atoms with Crippen molar-refractivity contribution in [2.75, 3.05) is 5.32 Å². The minimum Gasteiger partial charge on any atom is -0.393 e. The Bertz CT molecular complexity index is 652. The molecule has 0 heterocycles. The summed E-state index contributed by atoms with van der Waals surface area (Å²) < 4.78 is 0. The van der Waals surface area contributed by atoms with E-state index < -0.39 is 0 Å². The highest BCUT2D eigenvalue weighted by Gasteiger charge is 2.04. The third-order valence-corrected chi connectivity index (χ3v) is 6.16. The Labute approximate surface area is 191 Å². The topological polar surface area (TPSA) is 32.3 Å². The monoisotopic (exact) mass is 423 g/mol. The fourth-order valence-corrected chi connectivity index (χ4v) is 4.16. The Morgan fingerprint density at radius 3 is 1.74 bits per heavy atom. The summed E-state index contributed by atoms with van der Waals surface area (Å²) in [6.45, 7) is 2.26. The van der Waals surface area contributed by atoms with E-state index in [-0.39, 0.29) is 6.10 Å². The van der Waals surface area contributed by atoms with Crippen molar-refractivity contribution < 1.29 is 5.11 Å². The van der Waals surface area contributed by atoms with Crippen LogP contribution in [0.3, 0.4) is 0 Å². The van der Waals surface area contributed by atoms with E-state index >= 15 is 0 Å². The van der Waals surface area contributed by atoms with Gasteiger partial charge in [0.25, 0.3) is 0 Å². The van der Waals surface area contributed by atoms with Crippen LogP contribution in [0.2, 0.25) is 0 Å². The molecule has 0 bridgehead atoms. The number of aryl methyl sites for hydroxylation is 1. The average Bonchev–Trinajstić information content (AvgIpc) is 2.79. The first-order valence-corrected chi connectivity index (χ1v) is 12.9. The third-order valence-electron chi connectivity index (χ3n) is 6.16. The summed E-state index contributed by atoms with van der Waals surface area (Å²) in [5.74, 6) is 0. The Hall–Kier alpha value is -1.80. The molecule has 0 aliphatic carbocycles. The zero-order chi connectivity index (χ0) is 22.0. The number of hydrogen-bond acceptors (Lipinski definition) is 2. The van der Waals surface area contributed by atoms with Crippen LogP contribution in [0.1, 0.15) is 102 Å². The molecule has 172 valence electrons. The Morgan fingerprint density at radius 2 is 1.13 bits per heavy atom. The molecule has 0 saturated heterocycles. The largest absolute Gasteiger partial charge is 0.393 e. The molecule has 0 fully saturated rings. The molecule has 2 heteroatoms. The van der Waals surface area contributed by atoms with E-state index in [2.05, 4.69) is 60.8 Å². The van der Waals surface area contributed by atoms with Crippen LogP contribution < -0.4 is 5.32 Å². The van der Waals surface area contributed by atoms with Crippen molar-refractivity contribution in [2.45, 2.75) is 109 Å². The van der Waals surface area contributed by atoms with Crippen molar-refractivity contribution in [2.24, 2.45) is 0 Å². The molecule has 2 aromatic carbocycles. The second-order valence-electron chi connectivity index (χ2n) is 9.06. The second kappa shape index (κ2) is 16.8. The highest BCUT2D eigenvalue weighted by atomic mass is 16.3. The zero-order valence-corrected chi connectivity index (χ0v) is 19.8. The number of para-hydroxylation sites is 1. The van der Waals surface area contributed by atoms with Crippen LogP contribution in [0, 0.1) is 0 Å². The van der Waals surface area contributed by atoms with Gasteiger partial charge in [0.1, 0.15) is 0 Å². The van der Waals surface area contributed by atoms with Crippen molar-refractivity contribution in [3.05, 3.63) is 60.2 Å². The summed E-state index contributed by atoms with van der Waals surface area (Å²) in [5.41, 5.74) is 3.70. The molecule has 0 radical (unpaired) electrons. The van der Waals surface area contributed by atoms with Crippen LogP contribution >= 0.6 is 0 Å². The number of rotatable bonds is 18. The van der Waals surface area contributed by atoms with Crippen LogP contribution in [0.15, 0.2) is 54.6 Å². The van der Waals surface area contributed by atoms with Gasteiger partial charge < -0.3 is 10.4 Å². The van der Waals surface area contributed by atoms with Crippen molar-refractivity contribution in [1.29, 1.82) is 0 Å². The lowest BCUT2D eigenvalue weighted by atomic mass is 10.0. The van der Waals surface area contributed by atoms with Gasteiger partial charge in [-0.3, -0.25) is 0 Å².